The summed E-state index contributed by atoms with van der Waals surface area (Å²) in [5.74, 6) is -4.36. The molecule has 0 radical (unpaired) electrons. The van der Waals surface area contributed by atoms with Crippen LogP contribution >= 0.6 is 0 Å². The van der Waals surface area contributed by atoms with Crippen molar-refractivity contribution in [2.24, 2.45) is 0 Å². The SMILES string of the molecule is CNNC(=O)c1ccc(Nc2ncc3c(n2)N(C2CCCCC2)CC(F)(F)C(=O)N3C)c(OC)c1. The molecule has 1 aliphatic carbocycles. The van der Waals surface area contributed by atoms with Crippen molar-refractivity contribution in [1.82, 2.24) is 20.8 Å². The summed E-state index contributed by atoms with van der Waals surface area (Å²) in [7, 11) is 4.36. The van der Waals surface area contributed by atoms with Crippen molar-refractivity contribution in [2.75, 3.05) is 42.9 Å². The first-order chi connectivity index (χ1) is 16.7. The Morgan fingerprint density at radius 2 is 1.97 bits per heavy atom. The minimum Gasteiger partial charge on any atom is -0.495 e. The number of rotatable bonds is 6. The fourth-order valence-corrected chi connectivity index (χ4v) is 4.52. The van der Waals surface area contributed by atoms with Gasteiger partial charge in [0.1, 0.15) is 11.4 Å². The van der Waals surface area contributed by atoms with Gasteiger partial charge in [-0.1, -0.05) is 19.3 Å². The number of anilines is 4. The van der Waals surface area contributed by atoms with Crippen LogP contribution in [0.15, 0.2) is 24.4 Å². The number of nitrogens with one attached hydrogen (secondary N) is 3. The lowest BCUT2D eigenvalue weighted by atomic mass is 9.94. The maximum absolute atomic E-state index is 14.8. The fourth-order valence-electron chi connectivity index (χ4n) is 4.52. The Morgan fingerprint density at radius 3 is 2.66 bits per heavy atom. The molecule has 0 spiro atoms. The van der Waals surface area contributed by atoms with Crippen LogP contribution < -0.4 is 30.7 Å². The molecule has 0 bridgehead atoms. The standard InChI is InChI=1S/C23H29F2N7O3/c1-26-30-20(33)14-9-10-16(18(11-14)35-3)28-22-27-12-17-19(29-22)32(15-7-5-4-6-8-15)13-23(24,25)21(34)31(17)2/h9-12,15,26H,4-8,13H2,1-3H3,(H,30,33)(H,27,28,29). The van der Waals surface area contributed by atoms with Crippen molar-refractivity contribution in [1.29, 1.82) is 0 Å². The number of carbonyl (C=O) groups is 2. The van der Waals surface area contributed by atoms with Gasteiger partial charge in [0.25, 0.3) is 11.8 Å². The van der Waals surface area contributed by atoms with Gasteiger partial charge >= 0.3 is 5.92 Å². The number of ether oxygens (including phenoxy) is 1. The van der Waals surface area contributed by atoms with E-state index in [-0.39, 0.29) is 29.4 Å². The first-order valence-electron chi connectivity index (χ1n) is 11.5. The zero-order chi connectivity index (χ0) is 25.2. The molecule has 3 N–H and O–H groups in total. The fraction of sp³-hybridized carbons (Fsp3) is 0.478. The molecule has 12 heteroatoms. The molecule has 0 unspecified atom stereocenters. The predicted molar refractivity (Wildman–Crippen MR) is 127 cm³/mol. The molecule has 4 rings (SSSR count). The quantitative estimate of drug-likeness (QED) is 0.532. The number of carbonyl (C=O) groups excluding carboxylic acids is 2. The van der Waals surface area contributed by atoms with Gasteiger partial charge < -0.3 is 19.9 Å². The molecule has 0 atom stereocenters. The molecule has 1 aromatic heterocycles. The van der Waals surface area contributed by atoms with E-state index in [1.807, 2.05) is 0 Å². The summed E-state index contributed by atoms with van der Waals surface area (Å²) in [5, 5.41) is 3.05. The third kappa shape index (κ3) is 4.97. The van der Waals surface area contributed by atoms with E-state index in [0.717, 1.165) is 37.0 Å². The van der Waals surface area contributed by atoms with Crippen LogP contribution in [0.1, 0.15) is 42.5 Å². The third-order valence-corrected chi connectivity index (χ3v) is 6.33. The topological polar surface area (TPSA) is 112 Å². The van der Waals surface area contributed by atoms with Gasteiger partial charge in [0, 0.05) is 25.7 Å². The average molecular weight is 490 g/mol. The second kappa shape index (κ2) is 9.98. The monoisotopic (exact) mass is 489 g/mol. The van der Waals surface area contributed by atoms with Crippen molar-refractivity contribution < 1.29 is 23.1 Å². The van der Waals surface area contributed by atoms with Crippen LogP contribution in [-0.2, 0) is 4.79 Å². The van der Waals surface area contributed by atoms with Crippen molar-refractivity contribution in [3.63, 3.8) is 0 Å². The zero-order valence-corrected chi connectivity index (χ0v) is 19.9. The molecule has 1 aliphatic heterocycles. The number of halogens is 2. The summed E-state index contributed by atoms with van der Waals surface area (Å²) in [6, 6.07) is 4.65. The van der Waals surface area contributed by atoms with Crippen LogP contribution in [0.2, 0.25) is 0 Å². The number of methoxy groups -OCH3 is 1. The second-order valence-electron chi connectivity index (χ2n) is 8.63. The van der Waals surface area contributed by atoms with E-state index < -0.39 is 18.4 Å². The van der Waals surface area contributed by atoms with E-state index in [2.05, 4.69) is 26.1 Å². The van der Waals surface area contributed by atoms with E-state index in [1.54, 1.807) is 30.1 Å². The minimum absolute atomic E-state index is 0.144. The van der Waals surface area contributed by atoms with E-state index in [4.69, 9.17) is 4.74 Å². The minimum atomic E-state index is -3.55. The Balaban J connectivity index is 1.70. The van der Waals surface area contributed by atoms with Crippen molar-refractivity contribution >= 4 is 35.0 Å². The maximum Gasteiger partial charge on any atom is 0.342 e. The number of hydrogen-bond acceptors (Lipinski definition) is 8. The van der Waals surface area contributed by atoms with Crippen molar-refractivity contribution in [2.45, 2.75) is 44.1 Å². The van der Waals surface area contributed by atoms with Crippen molar-refractivity contribution in [3.05, 3.63) is 30.0 Å². The van der Waals surface area contributed by atoms with E-state index in [0.29, 0.717) is 17.0 Å². The molecule has 188 valence electrons. The summed E-state index contributed by atoms with van der Waals surface area (Å²) >= 11 is 0. The second-order valence-corrected chi connectivity index (χ2v) is 8.63. The molecule has 1 aromatic carbocycles. The van der Waals surface area contributed by atoms with Gasteiger partial charge in [0.05, 0.1) is 25.5 Å². The first-order valence-corrected chi connectivity index (χ1v) is 11.5. The normalized spacial score (nSPS) is 18.0. The van der Waals surface area contributed by atoms with Crippen LogP contribution in [0.4, 0.5) is 31.9 Å². The number of nitrogens with zero attached hydrogens (tertiary/aromatic N) is 4. The van der Waals surface area contributed by atoms with E-state index >= 15 is 0 Å². The maximum atomic E-state index is 14.8. The third-order valence-electron chi connectivity index (χ3n) is 6.33. The van der Waals surface area contributed by atoms with Crippen LogP contribution in [0.25, 0.3) is 0 Å². The van der Waals surface area contributed by atoms with Gasteiger partial charge in [0.2, 0.25) is 5.95 Å². The molecular weight excluding hydrogens is 460 g/mol. The molecule has 2 heterocycles. The number of hydrazine groups is 1. The molecular formula is C23H29F2N7O3. The highest BCUT2D eigenvalue weighted by atomic mass is 19.3. The summed E-state index contributed by atoms with van der Waals surface area (Å²) in [6.07, 6.45) is 5.82. The summed E-state index contributed by atoms with van der Waals surface area (Å²) < 4.78 is 35.1. The van der Waals surface area contributed by atoms with Gasteiger partial charge in [-0.25, -0.2) is 10.4 Å². The molecule has 10 nitrogen and oxygen atoms in total. The zero-order valence-electron chi connectivity index (χ0n) is 19.9. The van der Waals surface area contributed by atoms with Gasteiger partial charge in [0.15, 0.2) is 5.82 Å². The Bertz CT molecular complexity index is 1110. The number of amides is 2. The molecule has 2 aromatic rings. The summed E-state index contributed by atoms with van der Waals surface area (Å²) in [6.45, 7) is -0.733. The average Bonchev–Trinajstić information content (AvgIpc) is 2.93. The Labute approximate surface area is 202 Å². The lowest BCUT2D eigenvalue weighted by Gasteiger charge is -2.35. The smallest absolute Gasteiger partial charge is 0.342 e. The largest absolute Gasteiger partial charge is 0.495 e. The Hall–Kier alpha value is -3.54. The molecule has 35 heavy (non-hydrogen) atoms. The highest BCUT2D eigenvalue weighted by molar-refractivity contribution is 6.02. The highest BCUT2D eigenvalue weighted by Gasteiger charge is 2.48. The highest BCUT2D eigenvalue weighted by Crippen LogP contribution is 2.39. The Morgan fingerprint density at radius 1 is 1.23 bits per heavy atom. The number of aromatic nitrogens is 2. The molecule has 2 aliphatic rings. The molecule has 1 saturated carbocycles. The van der Waals surface area contributed by atoms with Gasteiger partial charge in [-0.15, -0.1) is 0 Å². The van der Waals surface area contributed by atoms with Crippen LogP contribution in [0.3, 0.4) is 0 Å². The van der Waals surface area contributed by atoms with Crippen molar-refractivity contribution in [3.8, 4) is 5.75 Å². The lowest BCUT2D eigenvalue weighted by Crippen LogP contribution is -2.49. The van der Waals surface area contributed by atoms with Crippen LogP contribution in [0, 0.1) is 0 Å². The number of fused-ring (bicyclic) bond motifs is 1. The Kier molecular flexibility index (Phi) is 7.01. The number of hydrogen-bond donors (Lipinski definition) is 3. The molecule has 1 fully saturated rings. The van der Waals surface area contributed by atoms with Crippen LogP contribution in [0.5, 0.6) is 5.75 Å². The molecule has 0 saturated heterocycles. The molecule has 2 amide bonds. The van der Waals surface area contributed by atoms with Gasteiger partial charge in [-0.05, 0) is 31.0 Å². The first kappa shape index (κ1) is 24.6. The lowest BCUT2D eigenvalue weighted by molar-refractivity contribution is -0.140. The van der Waals surface area contributed by atoms with Gasteiger partial charge in [-0.3, -0.25) is 15.0 Å². The summed E-state index contributed by atoms with van der Waals surface area (Å²) in [5.41, 5.74) is 6.15. The van der Waals surface area contributed by atoms with E-state index in [1.165, 1.54) is 20.4 Å². The van der Waals surface area contributed by atoms with E-state index in [9.17, 15) is 18.4 Å². The van der Waals surface area contributed by atoms with Gasteiger partial charge in [-0.2, -0.15) is 13.8 Å². The predicted octanol–water partition coefficient (Wildman–Crippen LogP) is 2.84. The number of benzene rings is 1. The summed E-state index contributed by atoms with van der Waals surface area (Å²) in [4.78, 5) is 35.9. The number of alkyl halides is 2. The van der Waals surface area contributed by atoms with Crippen LogP contribution in [-0.4, -0.2) is 61.5 Å².